The summed E-state index contributed by atoms with van der Waals surface area (Å²) >= 11 is 0. The number of aliphatic hydroxyl groups is 1. The summed E-state index contributed by atoms with van der Waals surface area (Å²) in [5, 5.41) is 19.3. The summed E-state index contributed by atoms with van der Waals surface area (Å²) in [5.74, 6) is 0.304. The van der Waals surface area contributed by atoms with Crippen molar-refractivity contribution in [1.29, 1.82) is 0 Å². The van der Waals surface area contributed by atoms with E-state index in [1.54, 1.807) is 18.2 Å². The molecule has 0 amide bonds. The van der Waals surface area contributed by atoms with E-state index in [2.05, 4.69) is 0 Å². The highest BCUT2D eigenvalue weighted by Gasteiger charge is 2.02. The summed E-state index contributed by atoms with van der Waals surface area (Å²) in [6.07, 6.45) is 6.35. The van der Waals surface area contributed by atoms with Gasteiger partial charge >= 0.3 is 0 Å². The number of aliphatic hydroxyl groups excluding tert-OH is 1. The van der Waals surface area contributed by atoms with Crippen LogP contribution in [0.1, 0.15) is 38.7 Å². The zero-order chi connectivity index (χ0) is 15.7. The molecule has 0 saturated heterocycles. The average molecular weight is 290 g/mol. The lowest BCUT2D eigenvalue weighted by Gasteiger charge is -2.07. The van der Waals surface area contributed by atoms with Crippen molar-refractivity contribution in [3.05, 3.63) is 41.7 Å². The summed E-state index contributed by atoms with van der Waals surface area (Å²) < 4.78 is 5.41. The summed E-state index contributed by atoms with van der Waals surface area (Å²) in [6, 6.07) is 4.92. The minimum absolute atomic E-state index is 0.0819. The molecule has 0 saturated carbocycles. The Hall–Kier alpha value is -2.23. The number of ketones is 1. The standard InChI is InChI=1S/C17H22O4/c1-3-5-14(18)12-15(19)8-6-13-7-9-16(20)17(11-13)21-10-4-2/h6-9,11-12,19-20H,3-5,10H2,1-2H3. The van der Waals surface area contributed by atoms with Crippen molar-refractivity contribution in [2.45, 2.75) is 33.1 Å². The van der Waals surface area contributed by atoms with Crippen molar-refractivity contribution in [1.82, 2.24) is 0 Å². The van der Waals surface area contributed by atoms with Gasteiger partial charge in [0.1, 0.15) is 5.76 Å². The molecule has 1 aromatic rings. The van der Waals surface area contributed by atoms with Crippen LogP contribution in [-0.2, 0) is 4.79 Å². The van der Waals surface area contributed by atoms with Crippen LogP contribution in [0.15, 0.2) is 36.1 Å². The molecule has 0 bridgehead atoms. The van der Waals surface area contributed by atoms with Crippen LogP contribution in [0.3, 0.4) is 0 Å². The van der Waals surface area contributed by atoms with Crippen LogP contribution in [0.5, 0.6) is 11.5 Å². The first kappa shape index (κ1) is 16.8. The number of rotatable bonds is 8. The maximum atomic E-state index is 11.4. The fourth-order valence-electron chi connectivity index (χ4n) is 1.68. The number of carbonyl (C=O) groups excluding carboxylic acids is 1. The Kier molecular flexibility index (Phi) is 7.09. The van der Waals surface area contributed by atoms with Gasteiger partial charge in [0, 0.05) is 12.5 Å². The van der Waals surface area contributed by atoms with Crippen LogP contribution < -0.4 is 4.74 Å². The largest absolute Gasteiger partial charge is 0.508 e. The zero-order valence-corrected chi connectivity index (χ0v) is 12.5. The van der Waals surface area contributed by atoms with Gasteiger partial charge < -0.3 is 14.9 Å². The minimum atomic E-state index is -0.0997. The van der Waals surface area contributed by atoms with Gasteiger partial charge in [-0.25, -0.2) is 0 Å². The summed E-state index contributed by atoms with van der Waals surface area (Å²) in [5.41, 5.74) is 0.766. The fourth-order valence-corrected chi connectivity index (χ4v) is 1.68. The monoisotopic (exact) mass is 290 g/mol. The molecule has 0 aliphatic carbocycles. The van der Waals surface area contributed by atoms with Gasteiger partial charge in [-0.15, -0.1) is 0 Å². The number of aromatic hydroxyl groups is 1. The third-order valence-electron chi connectivity index (χ3n) is 2.70. The Morgan fingerprint density at radius 1 is 1.29 bits per heavy atom. The van der Waals surface area contributed by atoms with Crippen molar-refractivity contribution in [2.75, 3.05) is 6.61 Å². The molecule has 0 heterocycles. The van der Waals surface area contributed by atoms with Crippen LogP contribution in [0, 0.1) is 0 Å². The van der Waals surface area contributed by atoms with Crippen molar-refractivity contribution in [3.8, 4) is 11.5 Å². The number of hydrogen-bond acceptors (Lipinski definition) is 4. The van der Waals surface area contributed by atoms with Gasteiger partial charge in [0.15, 0.2) is 17.3 Å². The smallest absolute Gasteiger partial charge is 0.161 e. The number of ether oxygens (including phenoxy) is 1. The van der Waals surface area contributed by atoms with Gasteiger partial charge in [0.2, 0.25) is 0 Å². The first-order valence-corrected chi connectivity index (χ1v) is 7.14. The molecule has 2 N–H and O–H groups in total. The van der Waals surface area contributed by atoms with Gasteiger partial charge in [0.05, 0.1) is 6.61 Å². The Bertz CT molecular complexity index is 530. The highest BCUT2D eigenvalue weighted by atomic mass is 16.5. The van der Waals surface area contributed by atoms with Gasteiger partial charge in [-0.3, -0.25) is 4.79 Å². The Balaban J connectivity index is 2.78. The van der Waals surface area contributed by atoms with Crippen molar-refractivity contribution in [3.63, 3.8) is 0 Å². The molecule has 0 fully saturated rings. The molecule has 21 heavy (non-hydrogen) atoms. The molecule has 0 unspecified atom stereocenters. The molecule has 0 aliphatic rings. The Morgan fingerprint density at radius 2 is 2.05 bits per heavy atom. The highest BCUT2D eigenvalue weighted by molar-refractivity contribution is 5.90. The maximum Gasteiger partial charge on any atom is 0.161 e. The summed E-state index contributed by atoms with van der Waals surface area (Å²) in [7, 11) is 0. The molecule has 114 valence electrons. The van der Waals surface area contributed by atoms with Crippen LogP contribution in [0.4, 0.5) is 0 Å². The van der Waals surface area contributed by atoms with E-state index in [4.69, 9.17) is 4.74 Å². The molecule has 0 atom stereocenters. The van der Waals surface area contributed by atoms with E-state index >= 15 is 0 Å². The molecular formula is C17H22O4. The molecule has 0 radical (unpaired) electrons. The molecular weight excluding hydrogens is 268 g/mol. The van der Waals surface area contributed by atoms with Gasteiger partial charge in [-0.1, -0.05) is 26.0 Å². The number of hydrogen-bond donors (Lipinski definition) is 2. The quantitative estimate of drug-likeness (QED) is 0.431. The number of benzene rings is 1. The first-order chi connectivity index (χ1) is 10.1. The third-order valence-corrected chi connectivity index (χ3v) is 2.70. The van der Waals surface area contributed by atoms with Crippen molar-refractivity contribution < 1.29 is 19.7 Å². The maximum absolute atomic E-state index is 11.4. The van der Waals surface area contributed by atoms with Gasteiger partial charge in [-0.05, 0) is 36.6 Å². The minimum Gasteiger partial charge on any atom is -0.508 e. The Labute approximate surface area is 125 Å². The van der Waals surface area contributed by atoms with E-state index in [0.29, 0.717) is 18.8 Å². The number of phenolic OH excluding ortho intramolecular Hbond substituents is 1. The molecule has 4 heteroatoms. The highest BCUT2D eigenvalue weighted by Crippen LogP contribution is 2.27. The lowest BCUT2D eigenvalue weighted by atomic mass is 10.1. The van der Waals surface area contributed by atoms with E-state index in [0.717, 1.165) is 18.4 Å². The van der Waals surface area contributed by atoms with Crippen LogP contribution in [0.25, 0.3) is 6.08 Å². The third kappa shape index (κ3) is 6.17. The van der Waals surface area contributed by atoms with Gasteiger partial charge in [-0.2, -0.15) is 0 Å². The second-order valence-corrected chi connectivity index (χ2v) is 4.69. The number of carbonyl (C=O) groups is 1. The predicted molar refractivity (Wildman–Crippen MR) is 83.6 cm³/mol. The summed E-state index contributed by atoms with van der Waals surface area (Å²) in [6.45, 7) is 4.42. The lowest BCUT2D eigenvalue weighted by Crippen LogP contribution is -1.95. The zero-order valence-electron chi connectivity index (χ0n) is 12.5. The van der Waals surface area contributed by atoms with Crippen LogP contribution >= 0.6 is 0 Å². The van der Waals surface area contributed by atoms with Crippen LogP contribution in [-0.4, -0.2) is 22.6 Å². The second kappa shape index (κ2) is 8.84. The predicted octanol–water partition coefficient (Wildman–Crippen LogP) is 4.01. The Morgan fingerprint density at radius 3 is 2.71 bits per heavy atom. The lowest BCUT2D eigenvalue weighted by molar-refractivity contribution is -0.114. The number of allylic oxidation sites excluding steroid dienone is 2. The fraction of sp³-hybridized carbons (Fsp3) is 0.353. The molecule has 0 spiro atoms. The molecule has 0 aromatic heterocycles. The van der Waals surface area contributed by atoms with E-state index in [1.165, 1.54) is 18.2 Å². The molecule has 1 aromatic carbocycles. The van der Waals surface area contributed by atoms with E-state index in [9.17, 15) is 15.0 Å². The topological polar surface area (TPSA) is 66.8 Å². The van der Waals surface area contributed by atoms with Gasteiger partial charge in [0.25, 0.3) is 0 Å². The normalized spacial score (nSPS) is 11.8. The molecule has 0 aliphatic heterocycles. The van der Waals surface area contributed by atoms with Crippen molar-refractivity contribution >= 4 is 11.9 Å². The molecule has 4 nitrogen and oxygen atoms in total. The SMILES string of the molecule is CCCOc1cc(C=CC(O)=CC(=O)CCC)ccc1O. The first-order valence-electron chi connectivity index (χ1n) is 7.14. The van der Waals surface area contributed by atoms with E-state index < -0.39 is 0 Å². The second-order valence-electron chi connectivity index (χ2n) is 4.69. The van der Waals surface area contributed by atoms with E-state index in [1.807, 2.05) is 13.8 Å². The number of phenols is 1. The summed E-state index contributed by atoms with van der Waals surface area (Å²) in [4.78, 5) is 11.4. The van der Waals surface area contributed by atoms with Crippen LogP contribution in [0.2, 0.25) is 0 Å². The average Bonchev–Trinajstić information content (AvgIpc) is 2.45. The van der Waals surface area contributed by atoms with E-state index in [-0.39, 0.29) is 17.3 Å². The van der Waals surface area contributed by atoms with Crippen molar-refractivity contribution in [2.24, 2.45) is 0 Å². The molecule has 1 rings (SSSR count).